The minimum atomic E-state index is 0.372. The van der Waals surface area contributed by atoms with Crippen LogP contribution in [-0.2, 0) is 0 Å². The second kappa shape index (κ2) is 4.38. The molecule has 0 spiro atoms. The average Bonchev–Trinajstić information content (AvgIpc) is 2.81. The van der Waals surface area contributed by atoms with Gasteiger partial charge in [-0.3, -0.25) is 0 Å². The predicted molar refractivity (Wildman–Crippen MR) is 84.1 cm³/mol. The average molecular weight is 270 g/mol. The third-order valence-corrected chi connectivity index (χ3v) is 6.74. The molecule has 1 heteroatoms. The number of rotatable bonds is 2. The fraction of sp³-hybridized carbons (Fsp3) is 0.579. The van der Waals surface area contributed by atoms with Gasteiger partial charge < -0.3 is 4.74 Å². The number of benzene rings is 1. The van der Waals surface area contributed by atoms with Gasteiger partial charge >= 0.3 is 0 Å². The van der Waals surface area contributed by atoms with E-state index in [1.54, 1.807) is 12.7 Å². The lowest BCUT2D eigenvalue weighted by molar-refractivity contribution is 0.130. The van der Waals surface area contributed by atoms with E-state index in [0.717, 1.165) is 11.7 Å². The first-order valence-electron chi connectivity index (χ1n) is 7.73. The lowest BCUT2D eigenvalue weighted by Crippen LogP contribution is -2.32. The lowest BCUT2D eigenvalue weighted by Gasteiger charge is -2.39. The molecule has 0 radical (unpaired) electrons. The van der Waals surface area contributed by atoms with Crippen molar-refractivity contribution in [3.8, 4) is 5.75 Å². The monoisotopic (exact) mass is 270 g/mol. The molecule has 0 aromatic heterocycles. The van der Waals surface area contributed by atoms with E-state index in [2.05, 4.69) is 58.0 Å². The predicted octanol–water partition coefficient (Wildman–Crippen LogP) is 5.18. The number of fused-ring (bicyclic) bond motifs is 1. The van der Waals surface area contributed by atoms with Gasteiger partial charge in [-0.15, -0.1) is 0 Å². The molecule has 108 valence electrons. The Morgan fingerprint density at radius 3 is 2.35 bits per heavy atom. The Bertz CT molecular complexity index is 541. The summed E-state index contributed by atoms with van der Waals surface area (Å²) in [7, 11) is 1.73. The fourth-order valence-corrected chi connectivity index (χ4v) is 4.67. The maximum atomic E-state index is 5.28. The summed E-state index contributed by atoms with van der Waals surface area (Å²) in [6.07, 6.45) is 4.99. The van der Waals surface area contributed by atoms with Gasteiger partial charge in [0.25, 0.3) is 0 Å². The van der Waals surface area contributed by atoms with Crippen molar-refractivity contribution in [3.05, 3.63) is 41.5 Å². The van der Waals surface area contributed by atoms with Crippen LogP contribution in [0, 0.1) is 16.7 Å². The Kier molecular flexibility index (Phi) is 3.00. The molecule has 0 unspecified atom stereocenters. The molecular weight excluding hydrogens is 244 g/mol. The SMILES string of the molecule is COc1ccc([C@H]2C[C@@]3(C)C(C)=CC[C@@]3(C)[C@@H]2C)cc1. The van der Waals surface area contributed by atoms with E-state index >= 15 is 0 Å². The minimum absolute atomic E-state index is 0.372. The van der Waals surface area contributed by atoms with Crippen molar-refractivity contribution >= 4 is 0 Å². The van der Waals surface area contributed by atoms with E-state index in [1.807, 2.05) is 0 Å². The summed E-state index contributed by atoms with van der Waals surface area (Å²) in [6, 6.07) is 8.71. The maximum Gasteiger partial charge on any atom is 0.118 e. The molecule has 1 fully saturated rings. The molecule has 1 nitrogen and oxygen atoms in total. The molecule has 0 N–H and O–H groups in total. The first kappa shape index (κ1) is 13.7. The standard InChI is InChI=1S/C19H26O/c1-13-10-11-18(3)14(2)17(12-19(13,18)4)15-6-8-16(20-5)9-7-15/h6-10,14,17H,11-12H2,1-5H3/t14-,17+,18+,19+/m1/s1. The minimum Gasteiger partial charge on any atom is -0.497 e. The van der Waals surface area contributed by atoms with E-state index in [9.17, 15) is 0 Å². The Morgan fingerprint density at radius 2 is 1.80 bits per heavy atom. The van der Waals surface area contributed by atoms with Gasteiger partial charge in [-0.2, -0.15) is 0 Å². The Labute approximate surface area is 123 Å². The quantitative estimate of drug-likeness (QED) is 0.673. The summed E-state index contributed by atoms with van der Waals surface area (Å²) in [5, 5.41) is 0. The highest BCUT2D eigenvalue weighted by atomic mass is 16.5. The second-order valence-corrected chi connectivity index (χ2v) is 7.21. The molecule has 2 aliphatic carbocycles. The highest BCUT2D eigenvalue weighted by molar-refractivity contribution is 5.36. The fourth-order valence-electron chi connectivity index (χ4n) is 4.67. The van der Waals surface area contributed by atoms with E-state index in [0.29, 0.717) is 16.7 Å². The molecule has 3 rings (SSSR count). The van der Waals surface area contributed by atoms with Crippen LogP contribution in [0.4, 0.5) is 0 Å². The molecule has 2 aliphatic rings. The summed E-state index contributed by atoms with van der Waals surface area (Å²) in [5.41, 5.74) is 3.87. The Balaban J connectivity index is 1.95. The molecule has 0 aliphatic heterocycles. The normalized spacial score (nSPS) is 39.5. The van der Waals surface area contributed by atoms with Crippen molar-refractivity contribution in [2.45, 2.75) is 46.5 Å². The molecule has 0 saturated heterocycles. The maximum absolute atomic E-state index is 5.28. The van der Waals surface area contributed by atoms with Gasteiger partial charge in [0.05, 0.1) is 7.11 Å². The molecule has 0 bridgehead atoms. The molecule has 0 amide bonds. The first-order chi connectivity index (χ1) is 9.42. The van der Waals surface area contributed by atoms with Crippen LogP contribution in [0.25, 0.3) is 0 Å². The van der Waals surface area contributed by atoms with Crippen LogP contribution in [-0.4, -0.2) is 7.11 Å². The van der Waals surface area contributed by atoms with Crippen molar-refractivity contribution < 1.29 is 4.74 Å². The summed E-state index contributed by atoms with van der Waals surface area (Å²) in [5.74, 6) is 2.34. The third-order valence-electron chi connectivity index (χ3n) is 6.74. The van der Waals surface area contributed by atoms with E-state index < -0.39 is 0 Å². The topological polar surface area (TPSA) is 9.23 Å². The lowest BCUT2D eigenvalue weighted by atomic mass is 9.64. The zero-order valence-corrected chi connectivity index (χ0v) is 13.4. The third kappa shape index (κ3) is 1.62. The van der Waals surface area contributed by atoms with Gasteiger partial charge in [0.2, 0.25) is 0 Å². The molecule has 1 saturated carbocycles. The zero-order chi connectivity index (χ0) is 14.5. The Hall–Kier alpha value is -1.24. The number of hydrogen-bond donors (Lipinski definition) is 0. The summed E-state index contributed by atoms with van der Waals surface area (Å²) >= 11 is 0. The summed E-state index contributed by atoms with van der Waals surface area (Å²) < 4.78 is 5.28. The van der Waals surface area contributed by atoms with Crippen LogP contribution in [0.2, 0.25) is 0 Å². The molecular formula is C19H26O. The van der Waals surface area contributed by atoms with Crippen molar-refractivity contribution in [2.75, 3.05) is 7.11 Å². The highest BCUT2D eigenvalue weighted by Crippen LogP contribution is 2.68. The first-order valence-corrected chi connectivity index (χ1v) is 7.73. The van der Waals surface area contributed by atoms with Crippen molar-refractivity contribution in [1.82, 2.24) is 0 Å². The van der Waals surface area contributed by atoms with Crippen LogP contribution in [0.15, 0.2) is 35.9 Å². The van der Waals surface area contributed by atoms with Gasteiger partial charge in [-0.25, -0.2) is 0 Å². The molecule has 1 aromatic carbocycles. The van der Waals surface area contributed by atoms with Crippen molar-refractivity contribution in [3.63, 3.8) is 0 Å². The molecule has 20 heavy (non-hydrogen) atoms. The largest absolute Gasteiger partial charge is 0.497 e. The summed E-state index contributed by atoms with van der Waals surface area (Å²) in [4.78, 5) is 0. The van der Waals surface area contributed by atoms with Gasteiger partial charge in [-0.05, 0) is 60.1 Å². The highest BCUT2D eigenvalue weighted by Gasteiger charge is 2.59. The Morgan fingerprint density at radius 1 is 1.15 bits per heavy atom. The van der Waals surface area contributed by atoms with Gasteiger partial charge in [0, 0.05) is 0 Å². The van der Waals surface area contributed by atoms with E-state index in [1.165, 1.54) is 18.4 Å². The van der Waals surface area contributed by atoms with Crippen LogP contribution < -0.4 is 4.74 Å². The van der Waals surface area contributed by atoms with Gasteiger partial charge in [-0.1, -0.05) is 44.6 Å². The molecule has 4 atom stereocenters. The smallest absolute Gasteiger partial charge is 0.118 e. The van der Waals surface area contributed by atoms with Gasteiger partial charge in [0.1, 0.15) is 5.75 Å². The number of hydrogen-bond acceptors (Lipinski definition) is 1. The zero-order valence-electron chi connectivity index (χ0n) is 13.4. The molecule has 0 heterocycles. The van der Waals surface area contributed by atoms with Crippen LogP contribution in [0.3, 0.4) is 0 Å². The van der Waals surface area contributed by atoms with Crippen molar-refractivity contribution in [2.24, 2.45) is 16.7 Å². The van der Waals surface area contributed by atoms with Crippen LogP contribution in [0.5, 0.6) is 5.75 Å². The second-order valence-electron chi connectivity index (χ2n) is 7.21. The van der Waals surface area contributed by atoms with E-state index in [-0.39, 0.29) is 0 Å². The number of allylic oxidation sites excluding steroid dienone is 2. The summed E-state index contributed by atoms with van der Waals surface area (Å²) in [6.45, 7) is 9.75. The van der Waals surface area contributed by atoms with Crippen molar-refractivity contribution in [1.29, 1.82) is 0 Å². The van der Waals surface area contributed by atoms with Crippen LogP contribution in [0.1, 0.15) is 52.0 Å². The molecule has 1 aromatic rings. The van der Waals surface area contributed by atoms with Gasteiger partial charge in [0.15, 0.2) is 0 Å². The number of methoxy groups -OCH3 is 1. The van der Waals surface area contributed by atoms with Crippen LogP contribution >= 0.6 is 0 Å². The number of ether oxygens (including phenoxy) is 1. The van der Waals surface area contributed by atoms with E-state index in [4.69, 9.17) is 4.74 Å².